The third-order valence-electron chi connectivity index (χ3n) is 5.96. The van der Waals surface area contributed by atoms with Gasteiger partial charge in [0.25, 0.3) is 5.91 Å². The average molecular weight is 388 g/mol. The van der Waals surface area contributed by atoms with Gasteiger partial charge in [-0.1, -0.05) is 42.5 Å². The Morgan fingerprint density at radius 1 is 1.00 bits per heavy atom. The van der Waals surface area contributed by atoms with Crippen LogP contribution in [0, 0.1) is 6.92 Å². The van der Waals surface area contributed by atoms with Crippen LogP contribution < -0.4 is 10.6 Å². The first-order chi connectivity index (χ1) is 14.1. The van der Waals surface area contributed by atoms with E-state index in [0.717, 1.165) is 49.4 Å². The summed E-state index contributed by atoms with van der Waals surface area (Å²) < 4.78 is 2.24. The topological polar surface area (TPSA) is 51.3 Å². The molecule has 0 radical (unpaired) electrons. The molecule has 1 fully saturated rings. The normalized spacial score (nSPS) is 13.8. The Kier molecular flexibility index (Phi) is 5.70. The number of hydrogen-bond acceptors (Lipinski definition) is 2. The third kappa shape index (κ3) is 4.21. The highest BCUT2D eigenvalue weighted by Gasteiger charge is 2.17. The quantitative estimate of drug-likeness (QED) is 0.633. The number of hydrogen-bond donors (Lipinski definition) is 1. The van der Waals surface area contributed by atoms with Gasteiger partial charge in [-0.15, -0.1) is 0 Å². The second-order valence-electron chi connectivity index (χ2n) is 7.87. The van der Waals surface area contributed by atoms with E-state index in [4.69, 9.17) is 5.73 Å². The molecule has 0 atom stereocenters. The van der Waals surface area contributed by atoms with Crippen LogP contribution in [0.3, 0.4) is 0 Å². The molecule has 0 saturated carbocycles. The van der Waals surface area contributed by atoms with Crippen LogP contribution in [0.15, 0.2) is 60.7 Å². The number of carbonyl (C=O) groups is 1. The van der Waals surface area contributed by atoms with Crippen molar-refractivity contribution in [1.82, 2.24) is 4.57 Å². The second kappa shape index (κ2) is 8.56. The number of aromatic nitrogens is 1. The monoisotopic (exact) mass is 387 g/mol. The molecule has 1 aliphatic heterocycles. The molecule has 2 heterocycles. The minimum atomic E-state index is -0.362. The number of primary amides is 1. The number of benzene rings is 2. The molecule has 4 heteroatoms. The molecule has 2 N–H and O–H groups in total. The Morgan fingerprint density at radius 2 is 1.69 bits per heavy atom. The molecule has 3 aromatic rings. The van der Waals surface area contributed by atoms with Gasteiger partial charge in [0.15, 0.2) is 0 Å². The molecular weight excluding hydrogens is 358 g/mol. The van der Waals surface area contributed by atoms with Crippen molar-refractivity contribution in [3.05, 3.63) is 77.5 Å². The number of rotatable bonds is 7. The van der Waals surface area contributed by atoms with Gasteiger partial charge in [-0.05, 0) is 61.9 Å². The fraction of sp³-hybridized carbons (Fsp3) is 0.320. The zero-order chi connectivity index (χ0) is 20.2. The van der Waals surface area contributed by atoms with Gasteiger partial charge in [-0.2, -0.15) is 0 Å². The van der Waals surface area contributed by atoms with Crippen LogP contribution in [0.4, 0.5) is 5.69 Å². The Hall–Kier alpha value is -3.01. The van der Waals surface area contributed by atoms with Crippen molar-refractivity contribution in [3.8, 4) is 11.3 Å². The molecular formula is C25H29N3O. The molecule has 0 aliphatic carbocycles. The van der Waals surface area contributed by atoms with E-state index in [2.05, 4.69) is 58.0 Å². The zero-order valence-electron chi connectivity index (χ0n) is 17.1. The van der Waals surface area contributed by atoms with Crippen LogP contribution in [0.2, 0.25) is 0 Å². The number of nitrogens with zero attached hydrogens (tertiary/aromatic N) is 2. The minimum Gasteiger partial charge on any atom is -0.372 e. The van der Waals surface area contributed by atoms with E-state index in [0.29, 0.717) is 5.56 Å². The smallest absolute Gasteiger partial charge is 0.250 e. The molecule has 1 aliphatic rings. The molecule has 1 aromatic heterocycles. The standard InChI is InChI=1S/C25H29N3O/c1-19-23(25(26)29)18-24(28(19)17-7-10-20-8-3-2-4-9-20)21-11-13-22(14-12-21)27-15-5-6-16-27/h2-4,8-9,11-14,18H,5-7,10,15-17H2,1H3,(H2,26,29). The fourth-order valence-corrected chi connectivity index (χ4v) is 4.33. The maximum atomic E-state index is 11.9. The lowest BCUT2D eigenvalue weighted by atomic mass is 10.1. The predicted molar refractivity (Wildman–Crippen MR) is 119 cm³/mol. The second-order valence-corrected chi connectivity index (χ2v) is 7.87. The van der Waals surface area contributed by atoms with Crippen molar-refractivity contribution in [2.24, 2.45) is 5.73 Å². The zero-order valence-corrected chi connectivity index (χ0v) is 17.1. The first-order valence-electron chi connectivity index (χ1n) is 10.5. The highest BCUT2D eigenvalue weighted by atomic mass is 16.1. The Morgan fingerprint density at radius 3 is 2.34 bits per heavy atom. The molecule has 0 unspecified atom stereocenters. The number of nitrogens with two attached hydrogens (primary N) is 1. The van der Waals surface area contributed by atoms with Gasteiger partial charge in [-0.3, -0.25) is 4.79 Å². The van der Waals surface area contributed by atoms with Crippen LogP contribution in [-0.2, 0) is 13.0 Å². The van der Waals surface area contributed by atoms with Crippen molar-refractivity contribution < 1.29 is 4.79 Å². The van der Waals surface area contributed by atoms with Crippen molar-refractivity contribution in [3.63, 3.8) is 0 Å². The maximum Gasteiger partial charge on any atom is 0.250 e. The number of anilines is 1. The lowest BCUT2D eigenvalue weighted by Gasteiger charge is -2.18. The third-order valence-corrected chi connectivity index (χ3v) is 5.96. The Labute approximate surface area is 173 Å². The van der Waals surface area contributed by atoms with Crippen molar-refractivity contribution >= 4 is 11.6 Å². The summed E-state index contributed by atoms with van der Waals surface area (Å²) in [6.07, 6.45) is 4.56. The average Bonchev–Trinajstić information content (AvgIpc) is 3.38. The van der Waals surface area contributed by atoms with Gasteiger partial charge < -0.3 is 15.2 Å². The van der Waals surface area contributed by atoms with E-state index in [1.165, 1.54) is 24.1 Å². The summed E-state index contributed by atoms with van der Waals surface area (Å²) in [7, 11) is 0. The van der Waals surface area contributed by atoms with E-state index < -0.39 is 0 Å². The summed E-state index contributed by atoms with van der Waals surface area (Å²) in [6.45, 7) is 5.13. The lowest BCUT2D eigenvalue weighted by molar-refractivity contribution is 0.0999. The van der Waals surface area contributed by atoms with Gasteiger partial charge in [-0.25, -0.2) is 0 Å². The van der Waals surface area contributed by atoms with Crippen LogP contribution in [0.25, 0.3) is 11.3 Å². The van der Waals surface area contributed by atoms with Crippen LogP contribution >= 0.6 is 0 Å². The van der Waals surface area contributed by atoms with E-state index in [1.54, 1.807) is 0 Å². The SMILES string of the molecule is Cc1c(C(N)=O)cc(-c2ccc(N3CCCC3)cc2)n1CCCc1ccccc1. The fourth-order valence-electron chi connectivity index (χ4n) is 4.33. The predicted octanol–water partition coefficient (Wildman–Crippen LogP) is 4.80. The molecule has 29 heavy (non-hydrogen) atoms. The Balaban J connectivity index is 1.58. The van der Waals surface area contributed by atoms with E-state index >= 15 is 0 Å². The highest BCUT2D eigenvalue weighted by Crippen LogP contribution is 2.29. The van der Waals surface area contributed by atoms with Crippen LogP contribution in [0.1, 0.15) is 40.9 Å². The molecule has 2 aromatic carbocycles. The van der Waals surface area contributed by atoms with Gasteiger partial charge in [0.1, 0.15) is 0 Å². The summed E-state index contributed by atoms with van der Waals surface area (Å²) >= 11 is 0. The maximum absolute atomic E-state index is 11.9. The van der Waals surface area contributed by atoms with Gasteiger partial charge in [0.05, 0.1) is 5.56 Å². The first-order valence-corrected chi connectivity index (χ1v) is 10.5. The van der Waals surface area contributed by atoms with Gasteiger partial charge in [0.2, 0.25) is 0 Å². The molecule has 0 spiro atoms. The first kappa shape index (κ1) is 19.3. The molecule has 4 nitrogen and oxygen atoms in total. The number of aryl methyl sites for hydroxylation is 1. The molecule has 0 bridgehead atoms. The summed E-state index contributed by atoms with van der Waals surface area (Å²) in [5.74, 6) is -0.362. The summed E-state index contributed by atoms with van der Waals surface area (Å²) in [5, 5.41) is 0. The summed E-state index contributed by atoms with van der Waals surface area (Å²) in [5.41, 5.74) is 12.0. The largest absolute Gasteiger partial charge is 0.372 e. The van der Waals surface area contributed by atoms with E-state index in [9.17, 15) is 4.79 Å². The van der Waals surface area contributed by atoms with E-state index in [1.807, 2.05) is 19.1 Å². The molecule has 4 rings (SSSR count). The molecule has 1 amide bonds. The highest BCUT2D eigenvalue weighted by molar-refractivity contribution is 5.95. The molecule has 150 valence electrons. The van der Waals surface area contributed by atoms with Crippen LogP contribution in [0.5, 0.6) is 0 Å². The molecule has 1 saturated heterocycles. The summed E-state index contributed by atoms with van der Waals surface area (Å²) in [4.78, 5) is 14.4. The number of amides is 1. The summed E-state index contributed by atoms with van der Waals surface area (Å²) in [6, 6.07) is 21.2. The van der Waals surface area contributed by atoms with E-state index in [-0.39, 0.29) is 5.91 Å². The lowest BCUT2D eigenvalue weighted by Crippen LogP contribution is -2.17. The number of carbonyl (C=O) groups excluding carboxylic acids is 1. The Bertz CT molecular complexity index is 967. The van der Waals surface area contributed by atoms with Crippen molar-refractivity contribution in [2.75, 3.05) is 18.0 Å². The van der Waals surface area contributed by atoms with Crippen molar-refractivity contribution in [2.45, 2.75) is 39.2 Å². The van der Waals surface area contributed by atoms with Gasteiger partial charge >= 0.3 is 0 Å². The van der Waals surface area contributed by atoms with Gasteiger partial charge in [0, 0.05) is 36.7 Å². The minimum absolute atomic E-state index is 0.362. The van der Waals surface area contributed by atoms with Crippen LogP contribution in [-0.4, -0.2) is 23.6 Å². The van der Waals surface area contributed by atoms with Crippen molar-refractivity contribution in [1.29, 1.82) is 0 Å².